The van der Waals surface area contributed by atoms with Crippen LogP contribution in [0.2, 0.25) is 5.02 Å². The van der Waals surface area contributed by atoms with E-state index in [4.69, 9.17) is 11.6 Å². The van der Waals surface area contributed by atoms with E-state index in [9.17, 15) is 13.2 Å². The van der Waals surface area contributed by atoms with Crippen molar-refractivity contribution < 1.29 is 13.2 Å². The first-order valence-electron chi connectivity index (χ1n) is 9.61. The SMILES string of the molecule is CCN(CC)S(=O)(=O)c1ccc(C(C)NC(C)C(=O)Nc2cccc(Cl)c2)cc1. The third-order valence-corrected chi connectivity index (χ3v) is 7.01. The minimum Gasteiger partial charge on any atom is -0.325 e. The van der Waals surface area contributed by atoms with Gasteiger partial charge < -0.3 is 5.32 Å². The van der Waals surface area contributed by atoms with Crippen LogP contribution < -0.4 is 10.6 Å². The number of benzene rings is 2. The lowest BCUT2D eigenvalue weighted by molar-refractivity contribution is -0.117. The van der Waals surface area contributed by atoms with Gasteiger partial charge in [-0.25, -0.2) is 8.42 Å². The highest BCUT2D eigenvalue weighted by molar-refractivity contribution is 7.89. The number of nitrogens with one attached hydrogen (secondary N) is 2. The molecule has 0 aliphatic heterocycles. The molecular weight excluding hydrogens is 410 g/mol. The third-order valence-electron chi connectivity index (χ3n) is 4.71. The Morgan fingerprint density at radius 3 is 2.24 bits per heavy atom. The zero-order valence-corrected chi connectivity index (χ0v) is 18.7. The normalized spacial score (nSPS) is 13.9. The van der Waals surface area contributed by atoms with E-state index < -0.39 is 16.1 Å². The van der Waals surface area contributed by atoms with Crippen molar-refractivity contribution in [2.45, 2.75) is 44.7 Å². The Labute approximate surface area is 178 Å². The second-order valence-electron chi connectivity index (χ2n) is 6.77. The maximum absolute atomic E-state index is 12.6. The fraction of sp³-hybridized carbons (Fsp3) is 0.381. The fourth-order valence-electron chi connectivity index (χ4n) is 3.00. The summed E-state index contributed by atoms with van der Waals surface area (Å²) in [6.07, 6.45) is 0. The van der Waals surface area contributed by atoms with Crippen molar-refractivity contribution in [3.8, 4) is 0 Å². The second kappa shape index (κ2) is 10.2. The predicted molar refractivity (Wildman–Crippen MR) is 118 cm³/mol. The van der Waals surface area contributed by atoms with Crippen molar-refractivity contribution in [2.24, 2.45) is 0 Å². The molecule has 0 heterocycles. The molecule has 6 nitrogen and oxygen atoms in total. The largest absolute Gasteiger partial charge is 0.325 e. The first-order valence-corrected chi connectivity index (χ1v) is 11.4. The zero-order chi connectivity index (χ0) is 21.6. The maximum Gasteiger partial charge on any atom is 0.243 e. The van der Waals surface area contributed by atoms with Crippen molar-refractivity contribution in [1.29, 1.82) is 0 Å². The van der Waals surface area contributed by atoms with Crippen LogP contribution in [0.1, 0.15) is 39.3 Å². The van der Waals surface area contributed by atoms with Gasteiger partial charge in [0.2, 0.25) is 15.9 Å². The monoisotopic (exact) mass is 437 g/mol. The topological polar surface area (TPSA) is 78.5 Å². The molecule has 2 rings (SSSR count). The van der Waals surface area contributed by atoms with E-state index in [1.807, 2.05) is 20.8 Å². The van der Waals surface area contributed by atoms with E-state index in [2.05, 4.69) is 10.6 Å². The Kier molecular flexibility index (Phi) is 8.22. The average molecular weight is 438 g/mol. The molecule has 0 aliphatic rings. The van der Waals surface area contributed by atoms with Crippen molar-refractivity contribution >= 4 is 33.2 Å². The molecule has 0 spiro atoms. The molecule has 0 aliphatic carbocycles. The van der Waals surface area contributed by atoms with Gasteiger partial charge in [0, 0.05) is 29.8 Å². The Hall–Kier alpha value is -1.93. The summed E-state index contributed by atoms with van der Waals surface area (Å²) in [5.41, 5.74) is 1.53. The molecular formula is C21H28ClN3O3S. The summed E-state index contributed by atoms with van der Waals surface area (Å²) >= 11 is 5.94. The van der Waals surface area contributed by atoms with E-state index >= 15 is 0 Å². The van der Waals surface area contributed by atoms with Gasteiger partial charge >= 0.3 is 0 Å². The minimum absolute atomic E-state index is 0.139. The number of nitrogens with zero attached hydrogens (tertiary/aromatic N) is 1. The summed E-state index contributed by atoms with van der Waals surface area (Å²) in [7, 11) is -3.48. The molecule has 0 fully saturated rings. The van der Waals surface area contributed by atoms with Gasteiger partial charge in [-0.05, 0) is 49.7 Å². The van der Waals surface area contributed by atoms with E-state index in [1.165, 1.54) is 4.31 Å². The Bertz CT molecular complexity index is 928. The lowest BCUT2D eigenvalue weighted by Gasteiger charge is -2.21. The molecule has 2 aromatic carbocycles. The second-order valence-corrected chi connectivity index (χ2v) is 9.14. The van der Waals surface area contributed by atoms with E-state index in [1.54, 1.807) is 55.5 Å². The lowest BCUT2D eigenvalue weighted by atomic mass is 10.1. The summed E-state index contributed by atoms with van der Waals surface area (Å²) in [5.74, 6) is -0.181. The molecule has 2 unspecified atom stereocenters. The molecule has 2 N–H and O–H groups in total. The van der Waals surface area contributed by atoms with Crippen LogP contribution in [0.5, 0.6) is 0 Å². The highest BCUT2D eigenvalue weighted by atomic mass is 35.5. The van der Waals surface area contributed by atoms with Crippen molar-refractivity contribution in [2.75, 3.05) is 18.4 Å². The van der Waals surface area contributed by atoms with Crippen LogP contribution in [0.25, 0.3) is 0 Å². The average Bonchev–Trinajstić information content (AvgIpc) is 2.68. The molecule has 0 saturated carbocycles. The molecule has 0 aromatic heterocycles. The van der Waals surface area contributed by atoms with E-state index in [0.29, 0.717) is 23.8 Å². The van der Waals surface area contributed by atoms with Gasteiger partial charge in [0.15, 0.2) is 0 Å². The molecule has 29 heavy (non-hydrogen) atoms. The smallest absolute Gasteiger partial charge is 0.243 e. The molecule has 0 bridgehead atoms. The van der Waals surface area contributed by atoms with Crippen LogP contribution in [-0.2, 0) is 14.8 Å². The van der Waals surface area contributed by atoms with Crippen molar-refractivity contribution in [3.05, 3.63) is 59.1 Å². The van der Waals surface area contributed by atoms with Crippen LogP contribution in [0.4, 0.5) is 5.69 Å². The number of sulfonamides is 1. The van der Waals surface area contributed by atoms with Gasteiger partial charge in [0.1, 0.15) is 0 Å². The first-order chi connectivity index (χ1) is 13.7. The van der Waals surface area contributed by atoms with Crippen molar-refractivity contribution in [3.63, 3.8) is 0 Å². The number of amides is 1. The lowest BCUT2D eigenvalue weighted by Crippen LogP contribution is -2.39. The Morgan fingerprint density at radius 1 is 1.07 bits per heavy atom. The zero-order valence-electron chi connectivity index (χ0n) is 17.1. The third kappa shape index (κ3) is 6.02. The number of anilines is 1. The van der Waals surface area contributed by atoms with Gasteiger partial charge in [-0.3, -0.25) is 10.1 Å². The quantitative estimate of drug-likeness (QED) is 0.620. The van der Waals surface area contributed by atoms with Crippen LogP contribution in [0, 0.1) is 0 Å². The fourth-order valence-corrected chi connectivity index (χ4v) is 4.65. The summed E-state index contributed by atoms with van der Waals surface area (Å²) in [5, 5.41) is 6.60. The van der Waals surface area contributed by atoms with Crippen LogP contribution in [0.15, 0.2) is 53.4 Å². The van der Waals surface area contributed by atoms with Gasteiger partial charge in [0.25, 0.3) is 0 Å². The summed E-state index contributed by atoms with van der Waals surface area (Å²) in [6, 6.07) is 13.1. The summed E-state index contributed by atoms with van der Waals surface area (Å²) in [6.45, 7) is 8.19. The molecule has 0 saturated heterocycles. The maximum atomic E-state index is 12.6. The van der Waals surface area contributed by atoms with E-state index in [0.717, 1.165) is 5.56 Å². The number of hydrogen-bond donors (Lipinski definition) is 2. The summed E-state index contributed by atoms with van der Waals surface area (Å²) < 4.78 is 26.6. The van der Waals surface area contributed by atoms with Crippen molar-refractivity contribution in [1.82, 2.24) is 9.62 Å². The molecule has 8 heteroatoms. The van der Waals surface area contributed by atoms with E-state index in [-0.39, 0.29) is 16.8 Å². The molecule has 2 aromatic rings. The van der Waals surface area contributed by atoms with Gasteiger partial charge in [-0.1, -0.05) is 43.6 Å². The highest BCUT2D eigenvalue weighted by Crippen LogP contribution is 2.20. The molecule has 1 amide bonds. The minimum atomic E-state index is -3.48. The van der Waals surface area contributed by atoms with Gasteiger partial charge in [-0.2, -0.15) is 4.31 Å². The highest BCUT2D eigenvalue weighted by Gasteiger charge is 2.22. The number of carbonyl (C=O) groups excluding carboxylic acids is 1. The number of halogens is 1. The molecule has 0 radical (unpaired) electrons. The number of hydrogen-bond acceptors (Lipinski definition) is 4. The molecule has 158 valence electrons. The van der Waals surface area contributed by atoms with Crippen LogP contribution in [0.3, 0.4) is 0 Å². The number of carbonyl (C=O) groups is 1. The van der Waals surface area contributed by atoms with Crippen LogP contribution in [-0.4, -0.2) is 37.8 Å². The van der Waals surface area contributed by atoms with Crippen LogP contribution >= 0.6 is 11.6 Å². The predicted octanol–water partition coefficient (Wildman–Crippen LogP) is 4.05. The Balaban J connectivity index is 2.03. The standard InChI is InChI=1S/C21H28ClN3O3S/c1-5-25(6-2)29(27,28)20-12-10-17(11-13-20)15(3)23-16(4)21(26)24-19-9-7-8-18(22)14-19/h7-16,23H,5-6H2,1-4H3,(H,24,26). The number of rotatable bonds is 9. The van der Waals surface area contributed by atoms with Gasteiger partial charge in [-0.15, -0.1) is 0 Å². The first kappa shape index (κ1) is 23.3. The van der Waals surface area contributed by atoms with Gasteiger partial charge in [0.05, 0.1) is 10.9 Å². The summed E-state index contributed by atoms with van der Waals surface area (Å²) in [4.78, 5) is 12.7. The molecule has 2 atom stereocenters. The Morgan fingerprint density at radius 2 is 1.69 bits per heavy atom.